The Bertz CT molecular complexity index is 398. The van der Waals surface area contributed by atoms with Crippen LogP contribution in [0.1, 0.15) is 39.1 Å². The molecule has 1 aromatic rings. The minimum atomic E-state index is 0.247. The van der Waals surface area contributed by atoms with Gasteiger partial charge in [0.2, 0.25) is 0 Å². The molecule has 0 fully saturated rings. The van der Waals surface area contributed by atoms with E-state index in [-0.39, 0.29) is 5.41 Å². The van der Waals surface area contributed by atoms with Crippen LogP contribution < -0.4 is 5.32 Å². The van der Waals surface area contributed by atoms with Gasteiger partial charge in [0.05, 0.1) is 15.9 Å². The molecule has 4 heteroatoms. The first-order chi connectivity index (χ1) is 8.35. The fourth-order valence-corrected chi connectivity index (χ4v) is 2.72. The smallest absolute Gasteiger partial charge is 0.0738 e. The number of hydrogen-bond donors (Lipinski definition) is 1. The Hall–Kier alpha value is -0.350. The van der Waals surface area contributed by atoms with Crippen molar-refractivity contribution in [3.63, 3.8) is 0 Å². The third-order valence-corrected chi connectivity index (χ3v) is 5.03. The average Bonchev–Trinajstić information content (AvgIpc) is 2.57. The summed E-state index contributed by atoms with van der Waals surface area (Å²) in [5.41, 5.74) is 2.65. The van der Waals surface area contributed by atoms with E-state index >= 15 is 0 Å². The lowest BCUT2D eigenvalue weighted by molar-refractivity contribution is 0.207. The Morgan fingerprint density at radius 1 is 1.44 bits per heavy atom. The Kier molecular flexibility index (Phi) is 5.41. The van der Waals surface area contributed by atoms with Gasteiger partial charge >= 0.3 is 0 Å². The molecule has 3 nitrogen and oxygen atoms in total. The van der Waals surface area contributed by atoms with Crippen LogP contribution in [-0.2, 0) is 13.0 Å². The molecule has 18 heavy (non-hydrogen) atoms. The molecule has 0 saturated carbocycles. The van der Waals surface area contributed by atoms with Crippen molar-refractivity contribution < 1.29 is 0 Å². The molecule has 0 amide bonds. The molecule has 0 aliphatic heterocycles. The topological polar surface area (TPSA) is 29.9 Å². The van der Waals surface area contributed by atoms with Crippen molar-refractivity contribution in [2.75, 3.05) is 13.6 Å². The van der Waals surface area contributed by atoms with E-state index in [0.29, 0.717) is 5.92 Å². The normalized spacial score (nSPS) is 15.1. The zero-order valence-electron chi connectivity index (χ0n) is 12.5. The van der Waals surface area contributed by atoms with Gasteiger partial charge in [0.15, 0.2) is 0 Å². The largest absolute Gasteiger partial charge is 0.319 e. The molecule has 0 bridgehead atoms. The fraction of sp³-hybridized carbons (Fsp3) is 0.786. The monoisotopic (exact) mass is 315 g/mol. The lowest BCUT2D eigenvalue weighted by atomic mass is 9.75. The van der Waals surface area contributed by atoms with Crippen molar-refractivity contribution in [3.8, 4) is 0 Å². The number of nitrogens with one attached hydrogen (secondary N) is 1. The lowest BCUT2D eigenvalue weighted by Gasteiger charge is -2.34. The minimum Gasteiger partial charge on any atom is -0.319 e. The van der Waals surface area contributed by atoms with Crippen LogP contribution in [0.15, 0.2) is 4.47 Å². The highest BCUT2D eigenvalue weighted by Gasteiger charge is 2.30. The molecule has 0 aliphatic rings. The lowest BCUT2D eigenvalue weighted by Crippen LogP contribution is -2.37. The molecule has 1 N–H and O–H groups in total. The Morgan fingerprint density at radius 2 is 2.06 bits per heavy atom. The number of hydrogen-bond acceptors (Lipinski definition) is 2. The summed E-state index contributed by atoms with van der Waals surface area (Å²) < 4.78 is 3.29. The first-order valence-corrected chi connectivity index (χ1v) is 7.51. The summed E-state index contributed by atoms with van der Waals surface area (Å²) in [7, 11) is 2.03. The van der Waals surface area contributed by atoms with E-state index in [0.717, 1.165) is 25.2 Å². The second kappa shape index (κ2) is 6.20. The summed E-state index contributed by atoms with van der Waals surface area (Å²) in [4.78, 5) is 0. The van der Waals surface area contributed by atoms with E-state index < -0.39 is 0 Å². The van der Waals surface area contributed by atoms with Gasteiger partial charge < -0.3 is 5.32 Å². The van der Waals surface area contributed by atoms with E-state index in [1.54, 1.807) is 0 Å². The molecule has 1 aromatic heterocycles. The molecule has 0 spiro atoms. The molecule has 0 aliphatic carbocycles. The first kappa shape index (κ1) is 15.7. The maximum Gasteiger partial charge on any atom is 0.0738 e. The first-order valence-electron chi connectivity index (χ1n) is 6.72. The third kappa shape index (κ3) is 3.15. The van der Waals surface area contributed by atoms with Crippen LogP contribution in [0.25, 0.3) is 0 Å². The minimum absolute atomic E-state index is 0.247. The van der Waals surface area contributed by atoms with E-state index in [1.807, 2.05) is 7.05 Å². The third-order valence-electron chi connectivity index (χ3n) is 4.00. The van der Waals surface area contributed by atoms with Gasteiger partial charge in [-0.1, -0.05) is 20.8 Å². The van der Waals surface area contributed by atoms with Crippen LogP contribution in [0.2, 0.25) is 0 Å². The predicted octanol–water partition coefficient (Wildman–Crippen LogP) is 3.40. The molecule has 0 radical (unpaired) electrons. The van der Waals surface area contributed by atoms with Crippen LogP contribution >= 0.6 is 15.9 Å². The highest BCUT2D eigenvalue weighted by Crippen LogP contribution is 2.34. The number of aryl methyl sites for hydroxylation is 2. The molecule has 0 saturated heterocycles. The van der Waals surface area contributed by atoms with E-state index in [4.69, 9.17) is 0 Å². The van der Waals surface area contributed by atoms with Crippen molar-refractivity contribution in [1.29, 1.82) is 0 Å². The highest BCUT2D eigenvalue weighted by molar-refractivity contribution is 9.10. The van der Waals surface area contributed by atoms with Crippen molar-refractivity contribution in [2.24, 2.45) is 11.3 Å². The van der Waals surface area contributed by atoms with Crippen LogP contribution in [-0.4, -0.2) is 23.4 Å². The summed E-state index contributed by atoms with van der Waals surface area (Å²) in [5, 5.41) is 7.91. The predicted molar refractivity (Wildman–Crippen MR) is 80.9 cm³/mol. The van der Waals surface area contributed by atoms with E-state index in [9.17, 15) is 0 Å². The zero-order chi connectivity index (χ0) is 13.9. The summed E-state index contributed by atoms with van der Waals surface area (Å²) in [6.45, 7) is 13.1. The van der Waals surface area contributed by atoms with Gasteiger partial charge in [-0.3, -0.25) is 4.68 Å². The van der Waals surface area contributed by atoms with E-state index in [2.05, 4.69) is 65.6 Å². The Balaban J connectivity index is 3.07. The SMILES string of the molecule is CCn1nc(C)c(Br)c1CC(C)(CNC)C(C)C. The summed E-state index contributed by atoms with van der Waals surface area (Å²) >= 11 is 3.69. The summed E-state index contributed by atoms with van der Waals surface area (Å²) in [5.74, 6) is 0.623. The van der Waals surface area contributed by atoms with Crippen molar-refractivity contribution in [3.05, 3.63) is 15.9 Å². The maximum atomic E-state index is 4.58. The fourth-order valence-electron chi connectivity index (χ4n) is 2.29. The molecule has 1 unspecified atom stereocenters. The van der Waals surface area contributed by atoms with Gasteiger partial charge in [0.25, 0.3) is 0 Å². The number of nitrogens with zero attached hydrogens (tertiary/aromatic N) is 2. The second-order valence-electron chi connectivity index (χ2n) is 5.68. The maximum absolute atomic E-state index is 4.58. The molecule has 104 valence electrons. The van der Waals surface area contributed by atoms with Gasteiger partial charge in [-0.2, -0.15) is 5.10 Å². The quantitative estimate of drug-likeness (QED) is 0.872. The molecular formula is C14H26BrN3. The Morgan fingerprint density at radius 3 is 2.50 bits per heavy atom. The van der Waals surface area contributed by atoms with E-state index in [1.165, 1.54) is 10.2 Å². The van der Waals surface area contributed by atoms with Crippen LogP contribution in [0.3, 0.4) is 0 Å². The van der Waals surface area contributed by atoms with Crippen LogP contribution in [0, 0.1) is 18.3 Å². The molecule has 0 aromatic carbocycles. The zero-order valence-corrected chi connectivity index (χ0v) is 14.1. The molecular weight excluding hydrogens is 290 g/mol. The molecule has 1 rings (SSSR count). The average molecular weight is 316 g/mol. The van der Waals surface area contributed by atoms with Gasteiger partial charge in [-0.05, 0) is 54.6 Å². The number of rotatable bonds is 6. The van der Waals surface area contributed by atoms with Crippen molar-refractivity contribution in [1.82, 2.24) is 15.1 Å². The Labute approximate surface area is 119 Å². The second-order valence-corrected chi connectivity index (χ2v) is 6.47. The summed E-state index contributed by atoms with van der Waals surface area (Å²) in [6, 6.07) is 0. The van der Waals surface area contributed by atoms with Crippen LogP contribution in [0.5, 0.6) is 0 Å². The standard InChI is InChI=1S/C14H26BrN3/c1-7-18-12(13(15)11(4)17-18)8-14(5,9-16-6)10(2)3/h10,16H,7-9H2,1-6H3. The summed E-state index contributed by atoms with van der Waals surface area (Å²) in [6.07, 6.45) is 1.04. The van der Waals surface area contributed by atoms with Crippen molar-refractivity contribution >= 4 is 15.9 Å². The van der Waals surface area contributed by atoms with Crippen LogP contribution in [0.4, 0.5) is 0 Å². The van der Waals surface area contributed by atoms with Gasteiger partial charge in [-0.15, -0.1) is 0 Å². The van der Waals surface area contributed by atoms with Gasteiger partial charge in [-0.25, -0.2) is 0 Å². The van der Waals surface area contributed by atoms with Crippen molar-refractivity contribution in [2.45, 2.75) is 47.6 Å². The highest BCUT2D eigenvalue weighted by atomic mass is 79.9. The molecule has 1 heterocycles. The van der Waals surface area contributed by atoms with Gasteiger partial charge in [0.1, 0.15) is 0 Å². The molecule has 1 atom stereocenters. The number of halogens is 1. The number of aromatic nitrogens is 2. The van der Waals surface area contributed by atoms with Gasteiger partial charge in [0, 0.05) is 13.1 Å².